The van der Waals surface area contributed by atoms with Crippen LogP contribution in [0.25, 0.3) is 34.2 Å². The molecule has 10 nitrogen and oxygen atoms in total. The van der Waals surface area contributed by atoms with Crippen molar-refractivity contribution in [1.82, 2.24) is 19.1 Å². The smallest absolute Gasteiger partial charge is 0.338 e. The third kappa shape index (κ3) is 10.2. The van der Waals surface area contributed by atoms with E-state index >= 15 is 0 Å². The number of nitrogens with zero attached hydrogens (tertiary/aromatic N) is 4. The van der Waals surface area contributed by atoms with Crippen LogP contribution in [0.2, 0.25) is 10.0 Å². The van der Waals surface area contributed by atoms with E-state index in [-0.39, 0.29) is 11.5 Å². The van der Waals surface area contributed by atoms with Crippen molar-refractivity contribution in [1.29, 1.82) is 0 Å². The summed E-state index contributed by atoms with van der Waals surface area (Å²) in [4.78, 5) is 32.5. The van der Waals surface area contributed by atoms with E-state index in [0.717, 1.165) is 45.0 Å². The Kier molecular flexibility index (Phi) is 13.8. The van der Waals surface area contributed by atoms with Gasteiger partial charge in [-0.25, -0.2) is 19.6 Å². The first-order valence-electron chi connectivity index (χ1n) is 19.7. The van der Waals surface area contributed by atoms with Gasteiger partial charge in [0, 0.05) is 45.0 Å². The molecule has 0 saturated heterocycles. The molecule has 0 aliphatic rings. The first kappa shape index (κ1) is 43.0. The van der Waals surface area contributed by atoms with Gasteiger partial charge in [-0.05, 0) is 117 Å². The van der Waals surface area contributed by atoms with E-state index in [1.165, 1.54) is 12.3 Å². The number of ether oxygens (including phenoxy) is 3. The van der Waals surface area contributed by atoms with Crippen molar-refractivity contribution >= 4 is 35.1 Å². The van der Waals surface area contributed by atoms with Gasteiger partial charge < -0.3 is 19.3 Å². The van der Waals surface area contributed by atoms with Gasteiger partial charge in [0.05, 0.1) is 29.1 Å². The molecule has 8 rings (SSSR count). The second-order valence-corrected chi connectivity index (χ2v) is 14.9. The molecule has 0 amide bonds. The first-order valence-corrected chi connectivity index (χ1v) is 20.5. The summed E-state index contributed by atoms with van der Waals surface area (Å²) >= 11 is 12.6. The molecule has 12 heteroatoms. The number of halogens is 2. The maximum atomic E-state index is 12.2. The van der Waals surface area contributed by atoms with Crippen LogP contribution in [-0.2, 0) is 18.0 Å². The number of hydrogen-bond donors (Lipinski definition) is 1. The Bertz CT molecular complexity index is 2820. The molecule has 0 radical (unpaired) electrons. The Morgan fingerprint density at radius 1 is 0.581 bits per heavy atom. The average Bonchev–Trinajstić information content (AvgIpc) is 3.88. The lowest BCUT2D eigenvalue weighted by molar-refractivity contribution is 0.0525. The van der Waals surface area contributed by atoms with Gasteiger partial charge in [0.15, 0.2) is 0 Å². The highest BCUT2D eigenvalue weighted by atomic mass is 35.5. The Hall–Kier alpha value is -7.14. The largest absolute Gasteiger partial charge is 0.488 e. The van der Waals surface area contributed by atoms with E-state index in [0.29, 0.717) is 58.6 Å². The molecule has 4 heterocycles. The van der Waals surface area contributed by atoms with Gasteiger partial charge in [0.2, 0.25) is 0 Å². The molecule has 0 bridgehead atoms. The van der Waals surface area contributed by atoms with E-state index in [2.05, 4.69) is 9.97 Å². The molecule has 0 atom stereocenters. The number of carboxylic acids is 1. The zero-order chi connectivity index (χ0) is 43.6. The van der Waals surface area contributed by atoms with Crippen molar-refractivity contribution in [3.8, 4) is 45.6 Å². The van der Waals surface area contributed by atoms with Gasteiger partial charge in [-0.1, -0.05) is 83.9 Å². The summed E-state index contributed by atoms with van der Waals surface area (Å²) in [6.07, 6.45) is 3.10. The fourth-order valence-corrected chi connectivity index (χ4v) is 7.13. The second-order valence-electron chi connectivity index (χ2n) is 14.1. The lowest BCUT2D eigenvalue weighted by Crippen LogP contribution is -2.08. The minimum Gasteiger partial charge on any atom is -0.488 e. The number of hydrogen-bond acceptors (Lipinski definition) is 7. The molecular formula is C50H42Cl2N4O6. The van der Waals surface area contributed by atoms with E-state index in [1.807, 2.05) is 138 Å². The van der Waals surface area contributed by atoms with Crippen LogP contribution < -0.4 is 9.47 Å². The van der Waals surface area contributed by atoms with Crippen LogP contribution in [0.4, 0.5) is 0 Å². The molecule has 312 valence electrons. The highest BCUT2D eigenvalue weighted by Gasteiger charge is 2.19. The van der Waals surface area contributed by atoms with Gasteiger partial charge in [-0.3, -0.25) is 9.13 Å². The lowest BCUT2D eigenvalue weighted by Gasteiger charge is -2.16. The molecule has 0 aliphatic heterocycles. The number of aromatic nitrogens is 4. The van der Waals surface area contributed by atoms with E-state index < -0.39 is 5.97 Å². The summed E-state index contributed by atoms with van der Waals surface area (Å²) in [5, 5.41) is 10.5. The SMILES string of the molecule is CCOC(=O)c1ccnc(-n2c(C)ccc2-c2cc(Cl)ccc2OCc2ccccc2)c1.Cc1ccc(-c2cc(Cl)ccc2OCc2ccccc2)n1-c1cc(C(=O)O)ccn1. The summed E-state index contributed by atoms with van der Waals surface area (Å²) in [6, 6.07) is 45.2. The van der Waals surface area contributed by atoms with Crippen LogP contribution in [-0.4, -0.2) is 42.8 Å². The van der Waals surface area contributed by atoms with E-state index in [1.54, 1.807) is 37.4 Å². The molecule has 1 N–H and O–H groups in total. The minimum absolute atomic E-state index is 0.172. The van der Waals surface area contributed by atoms with Gasteiger partial charge in [-0.15, -0.1) is 0 Å². The standard InChI is InChI=1S/C26H23ClN2O3.C24H19ClN2O3/c1-3-31-26(30)20-13-14-28-25(15-20)29-18(2)9-11-23(29)22-16-21(27)10-12-24(22)32-17-19-7-5-4-6-8-19;1-16-7-9-21(27(16)23-13-18(24(28)29)11-12-26-23)20-14-19(25)8-10-22(20)30-15-17-5-3-2-4-6-17/h4-16H,3,17H2,1-2H3;2-14H,15H2,1H3,(H,28,29). The molecule has 0 unspecified atom stereocenters. The van der Waals surface area contributed by atoms with Crippen molar-refractivity contribution in [2.24, 2.45) is 0 Å². The molecule has 4 aromatic carbocycles. The van der Waals surface area contributed by atoms with Crippen molar-refractivity contribution < 1.29 is 28.9 Å². The average molecular weight is 866 g/mol. The van der Waals surface area contributed by atoms with Crippen LogP contribution in [0.5, 0.6) is 11.5 Å². The van der Waals surface area contributed by atoms with E-state index in [9.17, 15) is 14.7 Å². The van der Waals surface area contributed by atoms with Crippen molar-refractivity contribution in [3.05, 3.63) is 202 Å². The Morgan fingerprint density at radius 2 is 1.03 bits per heavy atom. The predicted octanol–water partition coefficient (Wildman–Crippen LogP) is 12.0. The fraction of sp³-hybridized carbons (Fsp3) is 0.120. The topological polar surface area (TPSA) is 118 Å². The molecule has 4 aromatic heterocycles. The summed E-state index contributed by atoms with van der Waals surface area (Å²) < 4.78 is 21.3. The molecule has 8 aromatic rings. The Labute approximate surface area is 369 Å². The predicted molar refractivity (Wildman–Crippen MR) is 242 cm³/mol. The third-order valence-electron chi connectivity index (χ3n) is 9.77. The van der Waals surface area contributed by atoms with Crippen LogP contribution >= 0.6 is 23.2 Å². The number of pyridine rings is 2. The van der Waals surface area contributed by atoms with Gasteiger partial charge in [0.25, 0.3) is 0 Å². The quantitative estimate of drug-likeness (QED) is 0.114. The van der Waals surface area contributed by atoms with Crippen molar-refractivity contribution in [3.63, 3.8) is 0 Å². The summed E-state index contributed by atoms with van der Waals surface area (Å²) in [5.41, 5.74) is 7.93. The maximum Gasteiger partial charge on any atom is 0.338 e. The van der Waals surface area contributed by atoms with E-state index in [4.69, 9.17) is 37.4 Å². The molecular weight excluding hydrogens is 823 g/mol. The first-order chi connectivity index (χ1) is 30.1. The van der Waals surface area contributed by atoms with Gasteiger partial charge in [0.1, 0.15) is 36.3 Å². The number of aromatic carboxylic acids is 1. The maximum absolute atomic E-state index is 12.2. The van der Waals surface area contributed by atoms with Crippen LogP contribution in [0.15, 0.2) is 158 Å². The van der Waals surface area contributed by atoms with Crippen LogP contribution in [0.1, 0.15) is 50.2 Å². The number of aryl methyl sites for hydroxylation is 2. The zero-order valence-electron chi connectivity index (χ0n) is 34.2. The van der Waals surface area contributed by atoms with Gasteiger partial charge in [-0.2, -0.15) is 0 Å². The van der Waals surface area contributed by atoms with Crippen LogP contribution in [0.3, 0.4) is 0 Å². The highest BCUT2D eigenvalue weighted by Crippen LogP contribution is 2.37. The number of rotatable bonds is 13. The monoisotopic (exact) mass is 864 g/mol. The molecule has 0 aliphatic carbocycles. The van der Waals surface area contributed by atoms with Crippen molar-refractivity contribution in [2.45, 2.75) is 34.0 Å². The summed E-state index contributed by atoms with van der Waals surface area (Å²) in [6.45, 7) is 6.87. The second kappa shape index (κ2) is 19.9. The number of esters is 1. The molecule has 0 fully saturated rings. The highest BCUT2D eigenvalue weighted by molar-refractivity contribution is 6.31. The third-order valence-corrected chi connectivity index (χ3v) is 10.2. The Balaban J connectivity index is 0.000000187. The molecule has 62 heavy (non-hydrogen) atoms. The van der Waals surface area contributed by atoms with Gasteiger partial charge >= 0.3 is 11.9 Å². The molecule has 0 spiro atoms. The fourth-order valence-electron chi connectivity index (χ4n) is 6.79. The molecule has 0 saturated carbocycles. The number of carbonyl (C=O) groups is 2. The number of benzene rings is 4. The van der Waals surface area contributed by atoms with Crippen LogP contribution in [0, 0.1) is 13.8 Å². The summed E-state index contributed by atoms with van der Waals surface area (Å²) in [5.74, 6) is 1.14. The minimum atomic E-state index is -1.00. The number of carboxylic acid groups (broad SMARTS) is 1. The zero-order valence-corrected chi connectivity index (χ0v) is 35.7. The number of carbonyl (C=O) groups excluding carboxylic acids is 1. The van der Waals surface area contributed by atoms with Crippen molar-refractivity contribution in [2.75, 3.05) is 6.61 Å². The normalized spacial score (nSPS) is 10.7. The Morgan fingerprint density at radius 3 is 1.48 bits per heavy atom. The summed E-state index contributed by atoms with van der Waals surface area (Å²) in [7, 11) is 0. The lowest BCUT2D eigenvalue weighted by atomic mass is 10.1.